The molecular weight excluding hydrogens is 484 g/mol. The van der Waals surface area contributed by atoms with Crippen LogP contribution in [0.15, 0.2) is 66.7 Å². The number of nitrogens with zero attached hydrogens (tertiary/aromatic N) is 1. The van der Waals surface area contributed by atoms with Gasteiger partial charge in [0.25, 0.3) is 5.91 Å². The van der Waals surface area contributed by atoms with Gasteiger partial charge in [-0.3, -0.25) is 9.59 Å². The summed E-state index contributed by atoms with van der Waals surface area (Å²) in [6, 6.07) is 20.4. The van der Waals surface area contributed by atoms with Crippen molar-refractivity contribution in [2.45, 2.75) is 66.1 Å². The van der Waals surface area contributed by atoms with Crippen LogP contribution < -0.4 is 10.1 Å². The number of hydrogen-bond acceptors (Lipinski definition) is 3. The van der Waals surface area contributed by atoms with Crippen molar-refractivity contribution in [2.24, 2.45) is 0 Å². The van der Waals surface area contributed by atoms with Gasteiger partial charge in [-0.1, -0.05) is 67.1 Å². The first-order valence-corrected chi connectivity index (χ1v) is 13.1. The summed E-state index contributed by atoms with van der Waals surface area (Å²) in [5.74, 6) is 0.229. The number of halogens is 1. The van der Waals surface area contributed by atoms with E-state index < -0.39 is 6.04 Å². The zero-order chi connectivity index (χ0) is 26.9. The normalized spacial score (nSPS) is 12.5. The molecule has 1 N–H and O–H groups in total. The summed E-state index contributed by atoms with van der Waals surface area (Å²) in [6.45, 7) is 10.1. The lowest BCUT2D eigenvalue weighted by atomic mass is 10.0. The van der Waals surface area contributed by atoms with Gasteiger partial charge in [-0.05, 0) is 80.1 Å². The number of carbonyl (C=O) groups is 2. The van der Waals surface area contributed by atoms with E-state index >= 15 is 0 Å². The average Bonchev–Trinajstić information content (AvgIpc) is 2.87. The maximum absolute atomic E-state index is 13.8. The fourth-order valence-electron chi connectivity index (χ4n) is 4.20. The van der Waals surface area contributed by atoms with Gasteiger partial charge in [0, 0.05) is 24.0 Å². The Morgan fingerprint density at radius 1 is 0.973 bits per heavy atom. The van der Waals surface area contributed by atoms with Crippen LogP contribution in [0.3, 0.4) is 0 Å². The number of nitrogens with one attached hydrogen (secondary N) is 1. The van der Waals surface area contributed by atoms with Crippen LogP contribution in [0.25, 0.3) is 0 Å². The predicted octanol–water partition coefficient (Wildman–Crippen LogP) is 6.20. The summed E-state index contributed by atoms with van der Waals surface area (Å²) in [5.41, 5.74) is 4.99. The van der Waals surface area contributed by atoms with Crippen molar-refractivity contribution >= 4 is 23.4 Å². The first-order chi connectivity index (χ1) is 17.7. The van der Waals surface area contributed by atoms with E-state index in [0.29, 0.717) is 17.2 Å². The van der Waals surface area contributed by atoms with Crippen molar-refractivity contribution in [1.29, 1.82) is 0 Å². The number of hydrogen-bond donors (Lipinski definition) is 1. The standard InChI is InChI=1S/C31H37ClN2O3/c1-6-23(4)33-31(36)28(18-25-11-8-7-9-12-25)34(19-26-13-10-14-27(32)17-26)30(35)20-37-29-16-21(2)15-22(3)24(29)5/h7-17,23,28H,6,18-20H2,1-5H3,(H,33,36)/t23-,28-/m0/s1. The molecule has 0 aliphatic carbocycles. The molecule has 0 bridgehead atoms. The molecule has 5 nitrogen and oxygen atoms in total. The highest BCUT2D eigenvalue weighted by molar-refractivity contribution is 6.30. The van der Waals surface area contributed by atoms with Gasteiger partial charge < -0.3 is 15.0 Å². The van der Waals surface area contributed by atoms with Crippen molar-refractivity contribution in [3.05, 3.63) is 99.6 Å². The molecule has 0 radical (unpaired) electrons. The molecule has 0 aromatic heterocycles. The van der Waals surface area contributed by atoms with Crippen LogP contribution in [0.4, 0.5) is 0 Å². The Bertz CT molecular complexity index is 1210. The van der Waals surface area contributed by atoms with E-state index in [-0.39, 0.29) is 31.0 Å². The van der Waals surface area contributed by atoms with E-state index in [2.05, 4.69) is 11.4 Å². The Hall–Kier alpha value is -3.31. The minimum Gasteiger partial charge on any atom is -0.483 e. The molecule has 196 valence electrons. The summed E-state index contributed by atoms with van der Waals surface area (Å²) >= 11 is 6.25. The molecule has 0 spiro atoms. The second-order valence-electron chi connectivity index (χ2n) is 9.67. The third-order valence-electron chi connectivity index (χ3n) is 6.63. The monoisotopic (exact) mass is 520 g/mol. The molecule has 6 heteroatoms. The predicted molar refractivity (Wildman–Crippen MR) is 150 cm³/mol. The van der Waals surface area contributed by atoms with Gasteiger partial charge >= 0.3 is 0 Å². The molecular formula is C31H37ClN2O3. The Kier molecular flexibility index (Phi) is 10.2. The number of carbonyl (C=O) groups excluding carboxylic acids is 2. The number of aryl methyl sites for hydroxylation is 2. The number of amides is 2. The number of rotatable bonds is 11. The van der Waals surface area contributed by atoms with Gasteiger partial charge in [0.1, 0.15) is 11.8 Å². The van der Waals surface area contributed by atoms with Crippen LogP contribution in [0.1, 0.15) is 48.1 Å². The Labute approximate surface area is 225 Å². The second-order valence-corrected chi connectivity index (χ2v) is 10.1. The lowest BCUT2D eigenvalue weighted by molar-refractivity contribution is -0.143. The number of benzene rings is 3. The SMILES string of the molecule is CC[C@H](C)NC(=O)[C@H](Cc1ccccc1)N(Cc1cccc(Cl)c1)C(=O)COc1cc(C)cc(C)c1C. The highest BCUT2D eigenvalue weighted by Gasteiger charge is 2.31. The zero-order valence-corrected chi connectivity index (χ0v) is 23.1. The molecule has 0 fully saturated rings. The van der Waals surface area contributed by atoms with Gasteiger partial charge in [0.05, 0.1) is 0 Å². The van der Waals surface area contributed by atoms with Gasteiger partial charge in [0.2, 0.25) is 5.91 Å². The topological polar surface area (TPSA) is 58.6 Å². The molecule has 0 saturated carbocycles. The van der Waals surface area contributed by atoms with Gasteiger partial charge in [0.15, 0.2) is 6.61 Å². The van der Waals surface area contributed by atoms with Crippen molar-refractivity contribution in [3.8, 4) is 5.75 Å². The second kappa shape index (κ2) is 13.3. The molecule has 3 aromatic carbocycles. The van der Waals surface area contributed by atoms with Crippen LogP contribution >= 0.6 is 11.6 Å². The summed E-state index contributed by atoms with van der Waals surface area (Å²) in [4.78, 5) is 29.0. The summed E-state index contributed by atoms with van der Waals surface area (Å²) in [6.07, 6.45) is 1.18. The lowest BCUT2D eigenvalue weighted by Gasteiger charge is -2.32. The molecule has 2 atom stereocenters. The van der Waals surface area contributed by atoms with Gasteiger partial charge in [-0.2, -0.15) is 0 Å². The van der Waals surface area contributed by atoms with Crippen LogP contribution in [0.5, 0.6) is 5.75 Å². The minimum atomic E-state index is -0.716. The molecule has 0 aliphatic heterocycles. The van der Waals surface area contributed by atoms with E-state index in [1.54, 1.807) is 11.0 Å². The molecule has 0 unspecified atom stereocenters. The van der Waals surface area contributed by atoms with E-state index in [1.807, 2.05) is 89.2 Å². The molecule has 3 rings (SSSR count). The van der Waals surface area contributed by atoms with E-state index in [4.69, 9.17) is 16.3 Å². The molecule has 0 aliphatic rings. The zero-order valence-electron chi connectivity index (χ0n) is 22.4. The molecule has 3 aromatic rings. The minimum absolute atomic E-state index is 0.0111. The van der Waals surface area contributed by atoms with E-state index in [0.717, 1.165) is 34.2 Å². The van der Waals surface area contributed by atoms with Crippen molar-refractivity contribution in [1.82, 2.24) is 10.2 Å². The molecule has 2 amide bonds. The Morgan fingerprint density at radius 2 is 1.68 bits per heavy atom. The summed E-state index contributed by atoms with van der Waals surface area (Å²) < 4.78 is 6.04. The van der Waals surface area contributed by atoms with E-state index in [1.165, 1.54) is 0 Å². The molecule has 37 heavy (non-hydrogen) atoms. The lowest BCUT2D eigenvalue weighted by Crippen LogP contribution is -2.53. The fourth-order valence-corrected chi connectivity index (χ4v) is 4.41. The van der Waals surface area contributed by atoms with Gasteiger partial charge in [-0.25, -0.2) is 0 Å². The smallest absolute Gasteiger partial charge is 0.261 e. The summed E-state index contributed by atoms with van der Waals surface area (Å²) in [7, 11) is 0. The Morgan fingerprint density at radius 3 is 2.35 bits per heavy atom. The highest BCUT2D eigenvalue weighted by atomic mass is 35.5. The molecule has 0 heterocycles. The summed E-state index contributed by atoms with van der Waals surface area (Å²) in [5, 5.41) is 3.66. The van der Waals surface area contributed by atoms with Crippen molar-refractivity contribution in [2.75, 3.05) is 6.61 Å². The van der Waals surface area contributed by atoms with Crippen LogP contribution in [-0.4, -0.2) is 35.4 Å². The number of ether oxygens (including phenoxy) is 1. The third kappa shape index (κ3) is 8.09. The van der Waals surface area contributed by atoms with Crippen molar-refractivity contribution < 1.29 is 14.3 Å². The quantitative estimate of drug-likeness (QED) is 0.327. The first kappa shape index (κ1) is 28.3. The highest BCUT2D eigenvalue weighted by Crippen LogP contribution is 2.24. The maximum atomic E-state index is 13.8. The van der Waals surface area contributed by atoms with Crippen LogP contribution in [-0.2, 0) is 22.6 Å². The van der Waals surface area contributed by atoms with Crippen molar-refractivity contribution in [3.63, 3.8) is 0 Å². The van der Waals surface area contributed by atoms with E-state index in [9.17, 15) is 9.59 Å². The first-order valence-electron chi connectivity index (χ1n) is 12.8. The third-order valence-corrected chi connectivity index (χ3v) is 6.86. The van der Waals surface area contributed by atoms with Crippen LogP contribution in [0.2, 0.25) is 5.02 Å². The maximum Gasteiger partial charge on any atom is 0.261 e. The average molecular weight is 521 g/mol. The molecule has 0 saturated heterocycles. The Balaban J connectivity index is 1.95. The largest absolute Gasteiger partial charge is 0.483 e. The van der Waals surface area contributed by atoms with Gasteiger partial charge in [-0.15, -0.1) is 0 Å². The fraction of sp³-hybridized carbons (Fsp3) is 0.355. The van der Waals surface area contributed by atoms with Crippen LogP contribution in [0, 0.1) is 20.8 Å².